The number of aryl methyl sites for hydroxylation is 1. The number of hydrogen-bond donors (Lipinski definition) is 2. The van der Waals surface area contributed by atoms with Crippen LogP contribution in [0.3, 0.4) is 0 Å². The highest BCUT2D eigenvalue weighted by atomic mass is 35.5. The molecule has 3 aromatic rings. The Balaban J connectivity index is 1.79. The molecular weight excluding hydrogens is 341 g/mol. The zero-order valence-electron chi connectivity index (χ0n) is 13.4. The van der Waals surface area contributed by atoms with Gasteiger partial charge in [0.2, 0.25) is 0 Å². The first-order valence-electron chi connectivity index (χ1n) is 7.57. The first-order valence-corrected chi connectivity index (χ1v) is 7.95. The number of halogens is 2. The van der Waals surface area contributed by atoms with Crippen LogP contribution < -0.4 is 10.6 Å². The second-order valence-corrected chi connectivity index (χ2v) is 5.92. The third kappa shape index (κ3) is 4.14. The van der Waals surface area contributed by atoms with Crippen molar-refractivity contribution in [3.8, 4) is 0 Å². The molecule has 0 saturated heterocycles. The van der Waals surface area contributed by atoms with Crippen molar-refractivity contribution in [2.45, 2.75) is 6.92 Å². The molecular formula is C19H15ClFN3O. The lowest BCUT2D eigenvalue weighted by Crippen LogP contribution is -2.13. The number of hydrogen-bond acceptors (Lipinski definition) is 3. The van der Waals surface area contributed by atoms with Crippen molar-refractivity contribution in [1.82, 2.24) is 4.98 Å². The molecule has 0 aliphatic rings. The first-order chi connectivity index (χ1) is 12.0. The second kappa shape index (κ2) is 7.32. The van der Waals surface area contributed by atoms with Crippen molar-refractivity contribution in [2.75, 3.05) is 10.6 Å². The number of anilines is 3. The number of nitrogens with one attached hydrogen (secondary N) is 2. The monoisotopic (exact) mass is 355 g/mol. The van der Waals surface area contributed by atoms with Gasteiger partial charge in [-0.2, -0.15) is 0 Å². The Hall–Kier alpha value is -2.92. The van der Waals surface area contributed by atoms with E-state index in [1.807, 2.05) is 19.1 Å². The van der Waals surface area contributed by atoms with E-state index >= 15 is 0 Å². The molecule has 0 bridgehead atoms. The van der Waals surface area contributed by atoms with Crippen LogP contribution in [0.25, 0.3) is 0 Å². The number of rotatable bonds is 4. The first kappa shape index (κ1) is 16.9. The summed E-state index contributed by atoms with van der Waals surface area (Å²) in [5.41, 5.74) is 2.91. The summed E-state index contributed by atoms with van der Waals surface area (Å²) in [4.78, 5) is 16.4. The van der Waals surface area contributed by atoms with Crippen molar-refractivity contribution in [1.29, 1.82) is 0 Å². The molecule has 25 heavy (non-hydrogen) atoms. The van der Waals surface area contributed by atoms with Crippen molar-refractivity contribution >= 4 is 34.6 Å². The smallest absolute Gasteiger partial charge is 0.257 e. The molecule has 6 heteroatoms. The zero-order valence-corrected chi connectivity index (χ0v) is 14.1. The molecule has 2 aromatic carbocycles. The fraction of sp³-hybridized carbons (Fsp3) is 0.0526. The summed E-state index contributed by atoms with van der Waals surface area (Å²) in [6, 6.07) is 13.1. The number of carbonyl (C=O) groups excluding carboxylic acids is 1. The maximum atomic E-state index is 13.7. The van der Waals surface area contributed by atoms with E-state index < -0.39 is 11.7 Å². The zero-order chi connectivity index (χ0) is 17.8. The summed E-state index contributed by atoms with van der Waals surface area (Å²) in [6.45, 7) is 1.93. The Labute approximate surface area is 149 Å². The second-order valence-electron chi connectivity index (χ2n) is 5.48. The van der Waals surface area contributed by atoms with Crippen molar-refractivity contribution < 1.29 is 9.18 Å². The molecule has 3 rings (SSSR count). The van der Waals surface area contributed by atoms with Crippen molar-refractivity contribution in [3.05, 3.63) is 82.9 Å². The van der Waals surface area contributed by atoms with Gasteiger partial charge in [-0.3, -0.25) is 9.78 Å². The third-order valence-electron chi connectivity index (χ3n) is 3.59. The topological polar surface area (TPSA) is 54.0 Å². The van der Waals surface area contributed by atoms with E-state index in [0.717, 1.165) is 11.3 Å². The van der Waals surface area contributed by atoms with Crippen LogP contribution in [0.15, 0.2) is 60.9 Å². The summed E-state index contributed by atoms with van der Waals surface area (Å²) in [6.07, 6.45) is 3.03. The van der Waals surface area contributed by atoms with Gasteiger partial charge >= 0.3 is 0 Å². The molecule has 0 radical (unpaired) electrons. The van der Waals surface area contributed by atoms with Gasteiger partial charge in [-0.15, -0.1) is 0 Å². The van der Waals surface area contributed by atoms with Crippen LogP contribution >= 0.6 is 11.6 Å². The number of para-hydroxylation sites is 1. The molecule has 1 amide bonds. The van der Waals surface area contributed by atoms with E-state index in [1.54, 1.807) is 30.5 Å². The fourth-order valence-electron chi connectivity index (χ4n) is 2.31. The molecule has 4 nitrogen and oxygen atoms in total. The summed E-state index contributed by atoms with van der Waals surface area (Å²) in [7, 11) is 0. The average Bonchev–Trinajstić information content (AvgIpc) is 2.60. The van der Waals surface area contributed by atoms with E-state index in [4.69, 9.17) is 11.6 Å². The van der Waals surface area contributed by atoms with Gasteiger partial charge in [0, 0.05) is 16.9 Å². The minimum absolute atomic E-state index is 0.124. The maximum Gasteiger partial charge on any atom is 0.257 e. The van der Waals surface area contributed by atoms with Gasteiger partial charge in [0.05, 0.1) is 23.1 Å². The van der Waals surface area contributed by atoms with Crippen molar-refractivity contribution in [3.63, 3.8) is 0 Å². The molecule has 0 atom stereocenters. The molecule has 0 aliphatic carbocycles. The van der Waals surface area contributed by atoms with E-state index in [-0.39, 0.29) is 5.69 Å². The van der Waals surface area contributed by atoms with Gasteiger partial charge in [0.1, 0.15) is 5.82 Å². The normalized spacial score (nSPS) is 10.4. The molecule has 1 heterocycles. The molecule has 2 N–H and O–H groups in total. The standard InChI is InChI=1S/C19H15ClFN3O/c1-12-8-14(20)6-7-17(12)23-15-9-13(10-22-11-15)19(25)24-18-5-3-2-4-16(18)21/h2-11,23H,1H3,(H,24,25). The van der Waals surface area contributed by atoms with Gasteiger partial charge in [0.25, 0.3) is 5.91 Å². The summed E-state index contributed by atoms with van der Waals surface area (Å²) in [5.74, 6) is -0.927. The SMILES string of the molecule is Cc1cc(Cl)ccc1Nc1cncc(C(=O)Nc2ccccc2F)c1. The van der Waals surface area contributed by atoms with E-state index in [1.165, 1.54) is 18.3 Å². The Morgan fingerprint density at radius 2 is 1.88 bits per heavy atom. The van der Waals surface area contributed by atoms with Crippen LogP contribution in [-0.2, 0) is 0 Å². The maximum absolute atomic E-state index is 13.7. The largest absolute Gasteiger partial charge is 0.354 e. The highest BCUT2D eigenvalue weighted by Crippen LogP contribution is 2.24. The van der Waals surface area contributed by atoms with Crippen LogP contribution in [0.5, 0.6) is 0 Å². The van der Waals surface area contributed by atoms with E-state index in [2.05, 4.69) is 15.6 Å². The van der Waals surface area contributed by atoms with Gasteiger partial charge in [-0.1, -0.05) is 23.7 Å². The van der Waals surface area contributed by atoms with Crippen LogP contribution in [0, 0.1) is 12.7 Å². The number of nitrogens with zero attached hydrogens (tertiary/aromatic N) is 1. The van der Waals surface area contributed by atoms with Gasteiger partial charge in [0.15, 0.2) is 0 Å². The Kier molecular flexibility index (Phi) is 4.95. The Morgan fingerprint density at radius 3 is 2.64 bits per heavy atom. The fourth-order valence-corrected chi connectivity index (χ4v) is 2.54. The number of benzene rings is 2. The van der Waals surface area contributed by atoms with Gasteiger partial charge < -0.3 is 10.6 Å². The lowest BCUT2D eigenvalue weighted by atomic mass is 10.2. The molecule has 0 unspecified atom stereocenters. The lowest BCUT2D eigenvalue weighted by Gasteiger charge is -2.11. The minimum Gasteiger partial charge on any atom is -0.354 e. The Morgan fingerprint density at radius 1 is 1.08 bits per heavy atom. The predicted molar refractivity (Wildman–Crippen MR) is 98.1 cm³/mol. The van der Waals surface area contributed by atoms with Gasteiger partial charge in [-0.25, -0.2) is 4.39 Å². The highest BCUT2D eigenvalue weighted by Gasteiger charge is 2.10. The highest BCUT2D eigenvalue weighted by molar-refractivity contribution is 6.30. The van der Waals surface area contributed by atoms with Crippen LogP contribution in [-0.4, -0.2) is 10.9 Å². The van der Waals surface area contributed by atoms with Crippen LogP contribution in [0.4, 0.5) is 21.5 Å². The quantitative estimate of drug-likeness (QED) is 0.678. The molecule has 0 spiro atoms. The third-order valence-corrected chi connectivity index (χ3v) is 3.83. The molecule has 0 saturated carbocycles. The van der Waals surface area contributed by atoms with Gasteiger partial charge in [-0.05, 0) is 48.9 Å². The Bertz CT molecular complexity index is 930. The van der Waals surface area contributed by atoms with E-state index in [9.17, 15) is 9.18 Å². The summed E-state index contributed by atoms with van der Waals surface area (Å²) >= 11 is 5.95. The molecule has 1 aromatic heterocycles. The lowest BCUT2D eigenvalue weighted by molar-refractivity contribution is 0.102. The van der Waals surface area contributed by atoms with Crippen molar-refractivity contribution in [2.24, 2.45) is 0 Å². The molecule has 126 valence electrons. The number of amides is 1. The van der Waals surface area contributed by atoms with Crippen LogP contribution in [0.1, 0.15) is 15.9 Å². The minimum atomic E-state index is -0.491. The molecule has 0 fully saturated rings. The van der Waals surface area contributed by atoms with E-state index in [0.29, 0.717) is 16.3 Å². The molecule has 0 aliphatic heterocycles. The summed E-state index contributed by atoms with van der Waals surface area (Å²) in [5, 5.41) is 6.38. The summed E-state index contributed by atoms with van der Waals surface area (Å²) < 4.78 is 13.7. The predicted octanol–water partition coefficient (Wildman–Crippen LogP) is 5.18. The number of carbonyl (C=O) groups is 1. The number of pyridine rings is 1. The number of aromatic nitrogens is 1. The van der Waals surface area contributed by atoms with Crippen LogP contribution in [0.2, 0.25) is 5.02 Å². The average molecular weight is 356 g/mol.